The Labute approximate surface area is 121 Å². The summed E-state index contributed by atoms with van der Waals surface area (Å²) in [6.45, 7) is 4.17. The van der Waals surface area contributed by atoms with Gasteiger partial charge in [-0.3, -0.25) is 4.79 Å². The normalized spacial score (nSPS) is 10.9. The molecule has 108 valence electrons. The number of esters is 1. The second-order valence-corrected chi connectivity index (χ2v) is 5.39. The minimum Gasteiger partial charge on any atom is -0.466 e. The van der Waals surface area contributed by atoms with E-state index in [1.54, 1.807) is 11.8 Å². The van der Waals surface area contributed by atoms with E-state index in [0.717, 1.165) is 35.0 Å². The van der Waals surface area contributed by atoms with Crippen molar-refractivity contribution in [2.75, 3.05) is 12.4 Å². The number of nitrogens with zero attached hydrogens (tertiary/aromatic N) is 3. The summed E-state index contributed by atoms with van der Waals surface area (Å²) in [5, 5.41) is 0.909. The van der Waals surface area contributed by atoms with E-state index in [1.165, 1.54) is 6.33 Å². The lowest BCUT2D eigenvalue weighted by Gasteiger charge is -2.02. The van der Waals surface area contributed by atoms with E-state index < -0.39 is 0 Å². The third kappa shape index (κ3) is 3.93. The highest BCUT2D eigenvalue weighted by molar-refractivity contribution is 7.99. The molecule has 0 saturated heterocycles. The van der Waals surface area contributed by atoms with Crippen molar-refractivity contribution in [3.8, 4) is 0 Å². The summed E-state index contributed by atoms with van der Waals surface area (Å²) in [5.41, 5.74) is 1.59. The molecule has 20 heavy (non-hydrogen) atoms. The average molecular weight is 294 g/mol. The summed E-state index contributed by atoms with van der Waals surface area (Å²) >= 11 is 1.65. The first kappa shape index (κ1) is 14.8. The maximum atomic E-state index is 11.2. The van der Waals surface area contributed by atoms with Crippen LogP contribution in [0.5, 0.6) is 0 Å². The van der Waals surface area contributed by atoms with Gasteiger partial charge in [0.15, 0.2) is 5.65 Å². The lowest BCUT2D eigenvalue weighted by atomic mass is 10.2. The van der Waals surface area contributed by atoms with Gasteiger partial charge >= 0.3 is 5.97 Å². The molecule has 2 aromatic rings. The number of aryl methyl sites for hydroxylation is 1. The summed E-state index contributed by atoms with van der Waals surface area (Å²) in [6.07, 6.45) is 3.80. The number of carbonyl (C=O) groups excluding carboxylic acids is 1. The largest absolute Gasteiger partial charge is 0.466 e. The van der Waals surface area contributed by atoms with Crippen LogP contribution in [-0.4, -0.2) is 38.3 Å². The highest BCUT2D eigenvalue weighted by Crippen LogP contribution is 2.23. The van der Waals surface area contributed by atoms with Crippen LogP contribution in [-0.2, 0) is 9.53 Å². The zero-order chi connectivity index (χ0) is 14.4. The fraction of sp³-hybridized carbons (Fsp3) is 0.538. The van der Waals surface area contributed by atoms with E-state index in [9.17, 15) is 4.79 Å². The number of fused-ring (bicyclic) bond motifs is 1. The number of unbranched alkanes of at least 4 members (excludes halogenated alkanes) is 1. The summed E-state index contributed by atoms with van der Waals surface area (Å²) < 4.78 is 4.89. The molecule has 0 aliphatic rings. The molecule has 2 aromatic heterocycles. The fourth-order valence-electron chi connectivity index (χ4n) is 1.81. The summed E-state index contributed by atoms with van der Waals surface area (Å²) in [5.74, 6) is 1.62. The molecule has 0 spiro atoms. The predicted octanol–water partition coefficient (Wildman–Crippen LogP) is 2.49. The fourth-order valence-corrected chi connectivity index (χ4v) is 2.76. The number of thioether (sulfide) groups is 1. The van der Waals surface area contributed by atoms with Crippen molar-refractivity contribution in [1.29, 1.82) is 0 Å². The van der Waals surface area contributed by atoms with Gasteiger partial charge in [0.25, 0.3) is 0 Å². The molecule has 2 rings (SSSR count). The Balaban J connectivity index is 1.80. The second kappa shape index (κ2) is 7.23. The van der Waals surface area contributed by atoms with Crippen LogP contribution in [0.3, 0.4) is 0 Å². The molecule has 0 aromatic carbocycles. The first-order valence-corrected chi connectivity index (χ1v) is 7.65. The van der Waals surface area contributed by atoms with Crippen molar-refractivity contribution in [3.63, 3.8) is 0 Å². The van der Waals surface area contributed by atoms with Gasteiger partial charge < -0.3 is 9.72 Å². The lowest BCUT2D eigenvalue weighted by Crippen LogP contribution is -2.03. The third-order valence-electron chi connectivity index (χ3n) is 2.69. The van der Waals surface area contributed by atoms with Gasteiger partial charge in [0.05, 0.1) is 6.61 Å². The van der Waals surface area contributed by atoms with Gasteiger partial charge in [-0.2, -0.15) is 0 Å². The molecule has 0 fully saturated rings. The highest BCUT2D eigenvalue weighted by Gasteiger charge is 2.08. The molecule has 6 nitrogen and oxygen atoms in total. The van der Waals surface area contributed by atoms with Crippen LogP contribution in [0.15, 0.2) is 11.4 Å². The molecule has 0 bridgehead atoms. The molecule has 0 radical (unpaired) electrons. The molecule has 0 saturated carbocycles. The minimum absolute atomic E-state index is 0.119. The van der Waals surface area contributed by atoms with Crippen molar-refractivity contribution in [3.05, 3.63) is 12.2 Å². The van der Waals surface area contributed by atoms with Gasteiger partial charge in [0.1, 0.15) is 22.7 Å². The Morgan fingerprint density at radius 1 is 1.40 bits per heavy atom. The number of rotatable bonds is 7. The minimum atomic E-state index is -0.119. The van der Waals surface area contributed by atoms with Crippen LogP contribution < -0.4 is 0 Å². The van der Waals surface area contributed by atoms with Gasteiger partial charge in [-0.25, -0.2) is 15.0 Å². The zero-order valence-electron chi connectivity index (χ0n) is 11.7. The predicted molar refractivity (Wildman–Crippen MR) is 77.6 cm³/mol. The Hall–Kier alpha value is -1.63. The number of imidazole rings is 1. The second-order valence-electron chi connectivity index (χ2n) is 4.31. The van der Waals surface area contributed by atoms with Crippen molar-refractivity contribution in [2.24, 2.45) is 0 Å². The monoisotopic (exact) mass is 294 g/mol. The van der Waals surface area contributed by atoms with Crippen LogP contribution in [0.1, 0.15) is 32.0 Å². The number of ether oxygens (including phenoxy) is 1. The molecular formula is C13H18N4O2S. The van der Waals surface area contributed by atoms with E-state index >= 15 is 0 Å². The Morgan fingerprint density at radius 3 is 3.05 bits per heavy atom. The quantitative estimate of drug-likeness (QED) is 0.366. The van der Waals surface area contributed by atoms with Gasteiger partial charge in [0.2, 0.25) is 0 Å². The van der Waals surface area contributed by atoms with Gasteiger partial charge in [-0.1, -0.05) is 0 Å². The summed E-state index contributed by atoms with van der Waals surface area (Å²) in [4.78, 5) is 27.0. The maximum Gasteiger partial charge on any atom is 0.305 e. The Morgan fingerprint density at radius 2 is 2.25 bits per heavy atom. The van der Waals surface area contributed by atoms with E-state index in [-0.39, 0.29) is 5.97 Å². The number of hydrogen-bond acceptors (Lipinski definition) is 6. The summed E-state index contributed by atoms with van der Waals surface area (Å²) in [6, 6.07) is 0. The van der Waals surface area contributed by atoms with Crippen molar-refractivity contribution in [1.82, 2.24) is 19.9 Å². The molecular weight excluding hydrogens is 276 g/mol. The van der Waals surface area contributed by atoms with Gasteiger partial charge in [-0.05, 0) is 32.4 Å². The van der Waals surface area contributed by atoms with Crippen molar-refractivity contribution >= 4 is 28.9 Å². The molecule has 2 heterocycles. The maximum absolute atomic E-state index is 11.2. The lowest BCUT2D eigenvalue weighted by molar-refractivity contribution is -0.143. The standard InChI is InChI=1S/C13H18N4O2S/c1-3-19-10(18)6-4-5-7-20-13-11-12(14-8-15-13)17-9(2)16-11/h8H,3-7H2,1-2H3,(H,14,15,16,17). The smallest absolute Gasteiger partial charge is 0.305 e. The molecule has 0 aliphatic heterocycles. The molecule has 0 aliphatic carbocycles. The van der Waals surface area contributed by atoms with E-state index in [2.05, 4.69) is 19.9 Å². The number of carbonyl (C=O) groups is 1. The zero-order valence-corrected chi connectivity index (χ0v) is 12.5. The van der Waals surface area contributed by atoms with Crippen LogP contribution >= 0.6 is 11.8 Å². The van der Waals surface area contributed by atoms with Crippen LogP contribution in [0, 0.1) is 6.92 Å². The molecule has 0 amide bonds. The Kier molecular flexibility index (Phi) is 5.34. The van der Waals surface area contributed by atoms with E-state index in [1.807, 2.05) is 13.8 Å². The molecule has 7 heteroatoms. The van der Waals surface area contributed by atoms with Gasteiger partial charge in [0, 0.05) is 6.42 Å². The molecule has 1 N–H and O–H groups in total. The summed E-state index contributed by atoms with van der Waals surface area (Å²) in [7, 11) is 0. The average Bonchev–Trinajstić information content (AvgIpc) is 2.79. The first-order valence-electron chi connectivity index (χ1n) is 6.66. The van der Waals surface area contributed by atoms with Crippen LogP contribution in [0.4, 0.5) is 0 Å². The van der Waals surface area contributed by atoms with Crippen LogP contribution in [0.2, 0.25) is 0 Å². The number of nitrogens with one attached hydrogen (secondary N) is 1. The Bertz CT molecular complexity index is 585. The van der Waals surface area contributed by atoms with E-state index in [4.69, 9.17) is 4.74 Å². The van der Waals surface area contributed by atoms with E-state index in [0.29, 0.717) is 18.7 Å². The number of aromatic amines is 1. The SMILES string of the molecule is CCOC(=O)CCCCSc1ncnc2nc(C)[nH]c12. The number of H-pyrrole nitrogens is 1. The number of aromatic nitrogens is 4. The van der Waals surface area contributed by atoms with Crippen molar-refractivity contribution in [2.45, 2.75) is 38.1 Å². The number of hydrogen-bond donors (Lipinski definition) is 1. The topological polar surface area (TPSA) is 80.8 Å². The third-order valence-corrected chi connectivity index (χ3v) is 3.77. The molecule has 0 atom stereocenters. The van der Waals surface area contributed by atoms with Gasteiger partial charge in [-0.15, -0.1) is 11.8 Å². The highest BCUT2D eigenvalue weighted by atomic mass is 32.2. The first-order chi connectivity index (χ1) is 9.70. The van der Waals surface area contributed by atoms with Crippen LogP contribution in [0.25, 0.3) is 11.2 Å². The molecule has 0 unspecified atom stereocenters. The van der Waals surface area contributed by atoms with Crippen molar-refractivity contribution < 1.29 is 9.53 Å².